The first-order valence-electron chi connectivity index (χ1n) is 10.7. The lowest BCUT2D eigenvalue weighted by atomic mass is 9.65. The van der Waals surface area contributed by atoms with Crippen molar-refractivity contribution in [1.82, 2.24) is 0 Å². The number of Topliss-reactive ketones (excluding diaryl/α,β-unsaturated/α-hetero) is 1. The van der Waals surface area contributed by atoms with Gasteiger partial charge in [-0.3, -0.25) is 4.79 Å². The molecule has 0 radical (unpaired) electrons. The van der Waals surface area contributed by atoms with Crippen molar-refractivity contribution < 1.29 is 14.3 Å². The zero-order chi connectivity index (χ0) is 18.8. The van der Waals surface area contributed by atoms with Crippen molar-refractivity contribution in [2.24, 2.45) is 11.3 Å². The third-order valence-corrected chi connectivity index (χ3v) is 5.85. The Labute approximate surface area is 156 Å². The molecule has 1 aliphatic rings. The van der Waals surface area contributed by atoms with Crippen LogP contribution in [0.25, 0.3) is 0 Å². The van der Waals surface area contributed by atoms with E-state index in [2.05, 4.69) is 20.8 Å². The summed E-state index contributed by atoms with van der Waals surface area (Å²) in [5, 5.41) is 0. The van der Waals surface area contributed by atoms with Crippen LogP contribution in [-0.2, 0) is 14.3 Å². The first-order valence-corrected chi connectivity index (χ1v) is 10.7. The Morgan fingerprint density at radius 1 is 0.960 bits per heavy atom. The molecule has 0 aromatic carbocycles. The van der Waals surface area contributed by atoms with Gasteiger partial charge in [-0.05, 0) is 45.4 Å². The van der Waals surface area contributed by atoms with Crippen LogP contribution in [0.5, 0.6) is 0 Å². The predicted octanol–water partition coefficient (Wildman–Crippen LogP) is 6.29. The van der Waals surface area contributed by atoms with Crippen molar-refractivity contribution in [3.8, 4) is 0 Å². The molecule has 0 amide bonds. The third-order valence-electron chi connectivity index (χ3n) is 5.85. The van der Waals surface area contributed by atoms with Crippen LogP contribution in [0.15, 0.2) is 0 Å². The second-order valence-electron chi connectivity index (χ2n) is 8.38. The molecule has 148 valence electrons. The lowest BCUT2D eigenvalue weighted by Crippen LogP contribution is -2.42. The van der Waals surface area contributed by atoms with Gasteiger partial charge in [-0.25, -0.2) is 0 Å². The van der Waals surface area contributed by atoms with Crippen molar-refractivity contribution in [3.63, 3.8) is 0 Å². The second-order valence-corrected chi connectivity index (χ2v) is 8.38. The molecule has 1 fully saturated rings. The second kappa shape index (κ2) is 11.3. The summed E-state index contributed by atoms with van der Waals surface area (Å²) in [6.45, 7) is 12.1. The predicted molar refractivity (Wildman–Crippen MR) is 105 cm³/mol. The normalized spacial score (nSPS) is 18.2. The average molecular weight is 355 g/mol. The molecule has 0 heterocycles. The molecule has 1 rings (SSSR count). The maximum Gasteiger partial charge on any atom is 0.168 e. The highest BCUT2D eigenvalue weighted by Gasteiger charge is 2.41. The minimum atomic E-state index is -0.489. The van der Waals surface area contributed by atoms with Gasteiger partial charge >= 0.3 is 0 Å². The van der Waals surface area contributed by atoms with Crippen LogP contribution < -0.4 is 0 Å². The maximum absolute atomic E-state index is 11.4. The van der Waals surface area contributed by atoms with E-state index in [1.54, 1.807) is 0 Å². The summed E-state index contributed by atoms with van der Waals surface area (Å²) >= 11 is 0. The van der Waals surface area contributed by atoms with E-state index in [1.165, 1.54) is 38.5 Å². The molecule has 3 nitrogen and oxygen atoms in total. The number of unbranched alkanes of at least 4 members (excludes halogenated alkanes) is 5. The summed E-state index contributed by atoms with van der Waals surface area (Å²) in [6.07, 6.45) is 12.8. The summed E-state index contributed by atoms with van der Waals surface area (Å²) < 4.78 is 12.2. The molecule has 0 N–H and O–H groups in total. The van der Waals surface area contributed by atoms with Crippen LogP contribution in [0.1, 0.15) is 105 Å². The molecule has 0 bridgehead atoms. The van der Waals surface area contributed by atoms with Gasteiger partial charge < -0.3 is 9.47 Å². The van der Waals surface area contributed by atoms with Crippen molar-refractivity contribution in [2.75, 3.05) is 13.2 Å². The molecule has 0 aromatic heterocycles. The number of ketones is 1. The van der Waals surface area contributed by atoms with Crippen LogP contribution >= 0.6 is 0 Å². The van der Waals surface area contributed by atoms with Crippen LogP contribution in [0.4, 0.5) is 0 Å². The molecule has 1 atom stereocenters. The summed E-state index contributed by atoms with van der Waals surface area (Å²) in [4.78, 5) is 11.4. The molecular weight excluding hydrogens is 312 g/mol. The van der Waals surface area contributed by atoms with E-state index in [9.17, 15) is 4.79 Å². The van der Waals surface area contributed by atoms with E-state index < -0.39 is 5.79 Å². The van der Waals surface area contributed by atoms with Gasteiger partial charge in [0.15, 0.2) is 5.79 Å². The van der Waals surface area contributed by atoms with E-state index in [4.69, 9.17) is 9.47 Å². The summed E-state index contributed by atoms with van der Waals surface area (Å²) in [6, 6.07) is 0. The molecule has 1 saturated carbocycles. The highest BCUT2D eigenvalue weighted by Crippen LogP contribution is 2.44. The first-order chi connectivity index (χ1) is 11.9. The van der Waals surface area contributed by atoms with Gasteiger partial charge in [0.1, 0.15) is 5.78 Å². The minimum absolute atomic E-state index is 0.218. The smallest absolute Gasteiger partial charge is 0.168 e. The van der Waals surface area contributed by atoms with Gasteiger partial charge in [0.25, 0.3) is 0 Å². The van der Waals surface area contributed by atoms with Crippen LogP contribution in [0, 0.1) is 11.3 Å². The van der Waals surface area contributed by atoms with Crippen LogP contribution in [0.2, 0.25) is 0 Å². The monoisotopic (exact) mass is 354 g/mol. The van der Waals surface area contributed by atoms with E-state index in [1.807, 2.05) is 13.8 Å². The Hall–Kier alpha value is -0.410. The molecule has 0 spiro atoms. The highest BCUT2D eigenvalue weighted by atomic mass is 16.7. The standard InChI is InChI=1S/C22H42O3/c1-6-9-10-11-12-13-14-19(22(5,24-7-2)25-8-3)15-16-21(4)17-20(23)18-21/h19H,6-18H2,1-5H3. The topological polar surface area (TPSA) is 35.5 Å². The quantitative estimate of drug-likeness (QED) is 0.256. The molecule has 0 aromatic rings. The zero-order valence-corrected chi connectivity index (χ0v) is 17.5. The molecule has 1 unspecified atom stereocenters. The maximum atomic E-state index is 11.4. The third kappa shape index (κ3) is 7.78. The summed E-state index contributed by atoms with van der Waals surface area (Å²) in [5.41, 5.74) is 0.218. The summed E-state index contributed by atoms with van der Waals surface area (Å²) in [7, 11) is 0. The van der Waals surface area contributed by atoms with Crippen molar-refractivity contribution in [3.05, 3.63) is 0 Å². The molecule has 0 aliphatic heterocycles. The van der Waals surface area contributed by atoms with Gasteiger partial charge in [-0.2, -0.15) is 0 Å². The number of carbonyl (C=O) groups excluding carboxylic acids is 1. The SMILES string of the molecule is CCCCCCCCC(CCC1(C)CC(=O)C1)C(C)(OCC)OCC. The molecule has 0 saturated heterocycles. The van der Waals surface area contributed by atoms with E-state index in [-0.39, 0.29) is 5.41 Å². The Morgan fingerprint density at radius 2 is 1.52 bits per heavy atom. The fourth-order valence-electron chi connectivity index (χ4n) is 4.29. The zero-order valence-electron chi connectivity index (χ0n) is 17.5. The van der Waals surface area contributed by atoms with Crippen molar-refractivity contribution >= 4 is 5.78 Å². The molecular formula is C22H42O3. The van der Waals surface area contributed by atoms with Crippen LogP contribution in [-0.4, -0.2) is 24.8 Å². The lowest BCUT2D eigenvalue weighted by molar-refractivity contribution is -0.255. The van der Waals surface area contributed by atoms with E-state index >= 15 is 0 Å². The van der Waals surface area contributed by atoms with Crippen molar-refractivity contribution in [2.45, 2.75) is 111 Å². The Kier molecular flexibility index (Phi) is 10.3. The Bertz CT molecular complexity index is 363. The molecule has 25 heavy (non-hydrogen) atoms. The number of rotatable bonds is 15. The summed E-state index contributed by atoms with van der Waals surface area (Å²) in [5.74, 6) is 0.343. The van der Waals surface area contributed by atoms with Gasteiger partial charge in [0, 0.05) is 32.0 Å². The van der Waals surface area contributed by atoms with Gasteiger partial charge in [0.2, 0.25) is 0 Å². The lowest BCUT2D eigenvalue weighted by Gasteiger charge is -2.42. The first kappa shape index (κ1) is 22.6. The largest absolute Gasteiger partial charge is 0.350 e. The van der Waals surface area contributed by atoms with Crippen molar-refractivity contribution in [1.29, 1.82) is 0 Å². The van der Waals surface area contributed by atoms with Gasteiger partial charge in [-0.15, -0.1) is 0 Å². The number of ether oxygens (including phenoxy) is 2. The Balaban J connectivity index is 2.56. The highest BCUT2D eigenvalue weighted by molar-refractivity contribution is 5.85. The number of carbonyl (C=O) groups is 1. The van der Waals surface area contributed by atoms with Gasteiger partial charge in [-0.1, -0.05) is 52.4 Å². The molecule has 3 heteroatoms. The van der Waals surface area contributed by atoms with E-state index in [0.29, 0.717) is 24.9 Å². The van der Waals surface area contributed by atoms with Crippen LogP contribution in [0.3, 0.4) is 0 Å². The number of hydrogen-bond donors (Lipinski definition) is 0. The fourth-order valence-corrected chi connectivity index (χ4v) is 4.29. The average Bonchev–Trinajstić information content (AvgIpc) is 2.52. The number of hydrogen-bond acceptors (Lipinski definition) is 3. The van der Waals surface area contributed by atoms with E-state index in [0.717, 1.165) is 32.1 Å². The fraction of sp³-hybridized carbons (Fsp3) is 0.955. The minimum Gasteiger partial charge on any atom is -0.350 e. The Morgan fingerprint density at radius 3 is 2.04 bits per heavy atom. The van der Waals surface area contributed by atoms with Gasteiger partial charge in [0.05, 0.1) is 0 Å². The molecule has 1 aliphatic carbocycles.